The van der Waals surface area contributed by atoms with E-state index in [-0.39, 0.29) is 18.1 Å². The van der Waals surface area contributed by atoms with Crippen LogP contribution in [0.2, 0.25) is 5.02 Å². The third-order valence-corrected chi connectivity index (χ3v) is 4.58. The van der Waals surface area contributed by atoms with E-state index in [4.69, 9.17) is 16.3 Å². The quantitative estimate of drug-likeness (QED) is 0.489. The molecule has 8 nitrogen and oxygen atoms in total. The fourth-order valence-electron chi connectivity index (χ4n) is 2.55. The van der Waals surface area contributed by atoms with Gasteiger partial charge in [0.25, 0.3) is 11.6 Å². The zero-order valence-corrected chi connectivity index (χ0v) is 15.9. The van der Waals surface area contributed by atoms with E-state index in [0.29, 0.717) is 16.5 Å². The number of anilines is 1. The van der Waals surface area contributed by atoms with Gasteiger partial charge in [0, 0.05) is 29.0 Å². The lowest BCUT2D eigenvalue weighted by atomic mass is 10.1. The molecule has 0 radical (unpaired) electrons. The summed E-state index contributed by atoms with van der Waals surface area (Å²) in [4.78, 5) is 22.4. The van der Waals surface area contributed by atoms with Gasteiger partial charge in [-0.1, -0.05) is 11.6 Å². The molecule has 0 aliphatic heterocycles. The summed E-state index contributed by atoms with van der Waals surface area (Å²) in [6.45, 7) is 3.93. The second-order valence-electron chi connectivity index (χ2n) is 6.14. The SMILES string of the molecule is Cc1cc(OCn2ccc(C(=O)Nc3ccc([N+](=O)[O-])cc3)n2)cc(C)c1Cl. The minimum atomic E-state index is -0.503. The molecule has 0 aliphatic rings. The number of nitrogens with zero attached hydrogens (tertiary/aromatic N) is 3. The van der Waals surface area contributed by atoms with Crippen molar-refractivity contribution < 1.29 is 14.5 Å². The van der Waals surface area contributed by atoms with Crippen molar-refractivity contribution in [3.05, 3.63) is 80.6 Å². The van der Waals surface area contributed by atoms with E-state index in [1.807, 2.05) is 26.0 Å². The molecule has 0 saturated heterocycles. The number of nitro groups is 1. The highest BCUT2D eigenvalue weighted by molar-refractivity contribution is 6.32. The molecule has 0 unspecified atom stereocenters. The number of aryl methyl sites for hydroxylation is 2. The number of nitrogens with one attached hydrogen (secondary N) is 1. The molecule has 9 heteroatoms. The highest BCUT2D eigenvalue weighted by atomic mass is 35.5. The maximum Gasteiger partial charge on any atom is 0.276 e. The van der Waals surface area contributed by atoms with Gasteiger partial charge in [0.05, 0.1) is 4.92 Å². The summed E-state index contributed by atoms with van der Waals surface area (Å²) in [5.74, 6) is 0.234. The zero-order valence-electron chi connectivity index (χ0n) is 15.2. The van der Waals surface area contributed by atoms with E-state index in [0.717, 1.165) is 11.1 Å². The van der Waals surface area contributed by atoms with E-state index in [1.165, 1.54) is 28.9 Å². The normalized spacial score (nSPS) is 10.5. The van der Waals surface area contributed by atoms with E-state index in [2.05, 4.69) is 10.4 Å². The van der Waals surface area contributed by atoms with Gasteiger partial charge in [0.1, 0.15) is 5.75 Å². The maximum atomic E-state index is 12.3. The van der Waals surface area contributed by atoms with E-state index < -0.39 is 10.8 Å². The standard InChI is InChI=1S/C19H17ClN4O4/c1-12-9-16(10-13(2)18(12)20)28-11-23-8-7-17(22-23)19(25)21-14-3-5-15(6-4-14)24(26)27/h3-10H,11H2,1-2H3,(H,21,25). The van der Waals surface area contributed by atoms with Crippen molar-refractivity contribution >= 4 is 28.9 Å². The molecule has 0 bridgehead atoms. The van der Waals surface area contributed by atoms with Crippen LogP contribution in [-0.4, -0.2) is 20.6 Å². The summed E-state index contributed by atoms with van der Waals surface area (Å²) < 4.78 is 7.19. The minimum Gasteiger partial charge on any atom is -0.471 e. The third-order valence-electron chi connectivity index (χ3n) is 3.98. The van der Waals surface area contributed by atoms with Gasteiger partial charge in [-0.05, 0) is 55.3 Å². The van der Waals surface area contributed by atoms with Crippen LogP contribution in [0, 0.1) is 24.0 Å². The molecule has 2 aromatic carbocycles. The molecule has 3 aromatic rings. The second kappa shape index (κ2) is 8.10. The topological polar surface area (TPSA) is 99.3 Å². The summed E-state index contributed by atoms with van der Waals surface area (Å²) in [5, 5.41) is 18.2. The Balaban J connectivity index is 1.61. The van der Waals surface area contributed by atoms with Crippen LogP contribution in [0.25, 0.3) is 0 Å². The molecule has 1 N–H and O–H groups in total. The number of carbonyl (C=O) groups excluding carboxylic acids is 1. The van der Waals surface area contributed by atoms with Gasteiger partial charge in [-0.2, -0.15) is 5.10 Å². The molecule has 144 valence electrons. The number of halogens is 1. The number of aromatic nitrogens is 2. The Kier molecular flexibility index (Phi) is 5.60. The van der Waals surface area contributed by atoms with Crippen molar-refractivity contribution in [2.45, 2.75) is 20.6 Å². The average Bonchev–Trinajstić information content (AvgIpc) is 3.14. The van der Waals surface area contributed by atoms with E-state index in [9.17, 15) is 14.9 Å². The Bertz CT molecular complexity index is 1010. The Labute approximate surface area is 165 Å². The highest BCUT2D eigenvalue weighted by Crippen LogP contribution is 2.26. The predicted octanol–water partition coefficient (Wildman–Crippen LogP) is 4.35. The zero-order chi connectivity index (χ0) is 20.3. The Morgan fingerprint density at radius 1 is 1.21 bits per heavy atom. The smallest absolute Gasteiger partial charge is 0.276 e. The molecule has 1 aromatic heterocycles. The summed E-state index contributed by atoms with van der Waals surface area (Å²) in [6.07, 6.45) is 1.63. The molecule has 0 atom stereocenters. The number of benzene rings is 2. The summed E-state index contributed by atoms with van der Waals surface area (Å²) in [7, 11) is 0. The number of nitro benzene ring substituents is 1. The number of rotatable bonds is 6. The van der Waals surface area contributed by atoms with E-state index >= 15 is 0 Å². The van der Waals surface area contributed by atoms with E-state index in [1.54, 1.807) is 12.3 Å². The Morgan fingerprint density at radius 3 is 2.46 bits per heavy atom. The lowest BCUT2D eigenvalue weighted by molar-refractivity contribution is -0.384. The first-order chi connectivity index (χ1) is 13.3. The van der Waals surface area contributed by atoms with Crippen molar-refractivity contribution in [1.29, 1.82) is 0 Å². The molecule has 0 aliphatic carbocycles. The number of amides is 1. The van der Waals surface area contributed by atoms with Crippen molar-refractivity contribution in [3.8, 4) is 5.75 Å². The van der Waals surface area contributed by atoms with Gasteiger partial charge in [-0.25, -0.2) is 4.68 Å². The van der Waals surface area contributed by atoms with Crippen LogP contribution in [0.15, 0.2) is 48.7 Å². The number of hydrogen-bond donors (Lipinski definition) is 1. The van der Waals surface area contributed by atoms with Crippen LogP contribution < -0.4 is 10.1 Å². The monoisotopic (exact) mass is 400 g/mol. The molecule has 0 fully saturated rings. The average molecular weight is 401 g/mol. The molecule has 0 spiro atoms. The predicted molar refractivity (Wildman–Crippen MR) is 105 cm³/mol. The molecule has 0 saturated carbocycles. The van der Waals surface area contributed by atoms with Crippen LogP contribution in [-0.2, 0) is 6.73 Å². The third kappa shape index (κ3) is 4.47. The van der Waals surface area contributed by atoms with Crippen LogP contribution >= 0.6 is 11.6 Å². The van der Waals surface area contributed by atoms with Gasteiger partial charge in [0.15, 0.2) is 12.4 Å². The number of ether oxygens (including phenoxy) is 1. The number of carbonyl (C=O) groups is 1. The van der Waals surface area contributed by atoms with Crippen molar-refractivity contribution in [3.63, 3.8) is 0 Å². The fraction of sp³-hybridized carbons (Fsp3) is 0.158. The van der Waals surface area contributed by atoms with Gasteiger partial charge in [-0.3, -0.25) is 14.9 Å². The lowest BCUT2D eigenvalue weighted by Crippen LogP contribution is -2.14. The summed E-state index contributed by atoms with van der Waals surface area (Å²) >= 11 is 6.14. The van der Waals surface area contributed by atoms with Crippen LogP contribution in [0.3, 0.4) is 0 Å². The first-order valence-corrected chi connectivity index (χ1v) is 8.70. The van der Waals surface area contributed by atoms with Crippen LogP contribution in [0.1, 0.15) is 21.6 Å². The molecule has 28 heavy (non-hydrogen) atoms. The molecule has 3 rings (SSSR count). The first kappa shape index (κ1) is 19.4. The highest BCUT2D eigenvalue weighted by Gasteiger charge is 2.12. The fourth-order valence-corrected chi connectivity index (χ4v) is 2.66. The largest absolute Gasteiger partial charge is 0.471 e. The van der Waals surface area contributed by atoms with Gasteiger partial charge < -0.3 is 10.1 Å². The maximum absolute atomic E-state index is 12.3. The Hall–Kier alpha value is -3.39. The van der Waals surface area contributed by atoms with Crippen molar-refractivity contribution in [2.75, 3.05) is 5.32 Å². The number of hydrogen-bond acceptors (Lipinski definition) is 5. The van der Waals surface area contributed by atoms with Crippen molar-refractivity contribution in [2.24, 2.45) is 0 Å². The van der Waals surface area contributed by atoms with Gasteiger partial charge in [0.2, 0.25) is 0 Å². The molecule has 1 amide bonds. The molecule has 1 heterocycles. The first-order valence-electron chi connectivity index (χ1n) is 8.32. The Morgan fingerprint density at radius 2 is 1.86 bits per heavy atom. The minimum absolute atomic E-state index is 0.0490. The number of non-ortho nitro benzene ring substituents is 1. The van der Waals surface area contributed by atoms with Crippen molar-refractivity contribution in [1.82, 2.24) is 9.78 Å². The van der Waals surface area contributed by atoms with Crippen LogP contribution in [0.5, 0.6) is 5.75 Å². The second-order valence-corrected chi connectivity index (χ2v) is 6.52. The lowest BCUT2D eigenvalue weighted by Gasteiger charge is -2.10. The molecular formula is C19H17ClN4O4. The van der Waals surface area contributed by atoms with Gasteiger partial charge in [-0.15, -0.1) is 0 Å². The molecular weight excluding hydrogens is 384 g/mol. The van der Waals surface area contributed by atoms with Gasteiger partial charge >= 0.3 is 0 Å². The van der Waals surface area contributed by atoms with Crippen LogP contribution in [0.4, 0.5) is 11.4 Å². The summed E-state index contributed by atoms with van der Waals surface area (Å²) in [5.41, 5.74) is 2.42. The summed E-state index contributed by atoms with van der Waals surface area (Å²) in [6, 6.07) is 10.8.